The van der Waals surface area contributed by atoms with Crippen LogP contribution < -0.4 is 5.73 Å². The van der Waals surface area contributed by atoms with E-state index < -0.39 is 0 Å². The predicted molar refractivity (Wildman–Crippen MR) is 65.5 cm³/mol. The number of aromatic nitrogens is 1. The number of hydrogen-bond acceptors (Lipinski definition) is 5. The Hall–Kier alpha value is -1.23. The molecule has 0 saturated heterocycles. The smallest absolute Gasteiger partial charge is 0.316 e. The molecule has 0 unspecified atom stereocenters. The van der Waals surface area contributed by atoms with Gasteiger partial charge in [-0.2, -0.15) is 0 Å². The molecule has 0 aliphatic carbocycles. The maximum Gasteiger partial charge on any atom is 0.316 e. The van der Waals surface area contributed by atoms with Gasteiger partial charge in [0.2, 0.25) is 0 Å². The maximum absolute atomic E-state index is 11.2. The quantitative estimate of drug-likeness (QED) is 0.643. The van der Waals surface area contributed by atoms with Crippen molar-refractivity contribution in [3.63, 3.8) is 0 Å². The molecule has 2 N–H and O–H groups in total. The number of pyridine rings is 1. The highest BCUT2D eigenvalue weighted by molar-refractivity contribution is 8.00. The zero-order valence-electron chi connectivity index (χ0n) is 9.74. The number of carbonyl (C=O) groups excluding carboxylic acids is 1. The van der Waals surface area contributed by atoms with E-state index in [1.54, 1.807) is 6.92 Å². The first kappa shape index (κ1) is 12.8. The van der Waals surface area contributed by atoms with E-state index >= 15 is 0 Å². The van der Waals surface area contributed by atoms with Crippen molar-refractivity contribution in [3.8, 4) is 0 Å². The van der Waals surface area contributed by atoms with Crippen molar-refractivity contribution >= 4 is 23.4 Å². The van der Waals surface area contributed by atoms with E-state index in [1.165, 1.54) is 11.8 Å². The van der Waals surface area contributed by atoms with Crippen LogP contribution >= 0.6 is 11.8 Å². The summed E-state index contributed by atoms with van der Waals surface area (Å²) in [6.07, 6.45) is 0. The summed E-state index contributed by atoms with van der Waals surface area (Å²) in [5, 5.41) is 0.700. The molecule has 0 atom stereocenters. The first-order valence-corrected chi connectivity index (χ1v) is 6.05. The van der Waals surface area contributed by atoms with Gasteiger partial charge in [0, 0.05) is 5.69 Å². The Morgan fingerprint density at radius 3 is 2.88 bits per heavy atom. The molecule has 4 nitrogen and oxygen atoms in total. The zero-order chi connectivity index (χ0) is 12.1. The number of carbonyl (C=O) groups is 1. The average molecular weight is 240 g/mol. The van der Waals surface area contributed by atoms with Crippen LogP contribution in [0.2, 0.25) is 0 Å². The molecule has 0 saturated carbocycles. The summed E-state index contributed by atoms with van der Waals surface area (Å²) in [5.41, 5.74) is 8.40. The standard InChI is InChI=1S/C11H16N2O2S/c1-4-15-9(14)6-16-11-10(12)7(2)5-8(3)13-11/h5H,4,6,12H2,1-3H3. The van der Waals surface area contributed by atoms with Gasteiger partial charge in [0.05, 0.1) is 18.0 Å². The second-order valence-corrected chi connectivity index (χ2v) is 4.36. The van der Waals surface area contributed by atoms with Crippen LogP contribution in [0.25, 0.3) is 0 Å². The lowest BCUT2D eigenvalue weighted by molar-refractivity contribution is -0.139. The molecule has 1 aromatic rings. The number of nitrogens with two attached hydrogens (primary N) is 1. The highest BCUT2D eigenvalue weighted by atomic mass is 32.2. The number of ether oxygens (including phenoxy) is 1. The number of nitrogens with zero attached hydrogens (tertiary/aromatic N) is 1. The molecule has 0 aliphatic heterocycles. The van der Waals surface area contributed by atoms with Gasteiger partial charge in [-0.05, 0) is 32.4 Å². The number of anilines is 1. The van der Waals surface area contributed by atoms with Gasteiger partial charge in [-0.25, -0.2) is 4.98 Å². The third-order valence-electron chi connectivity index (χ3n) is 1.99. The summed E-state index contributed by atoms with van der Waals surface area (Å²) < 4.78 is 4.84. The van der Waals surface area contributed by atoms with E-state index in [0.29, 0.717) is 17.3 Å². The monoisotopic (exact) mass is 240 g/mol. The number of thioether (sulfide) groups is 1. The molecule has 5 heteroatoms. The summed E-state index contributed by atoms with van der Waals surface area (Å²) in [6.45, 7) is 6.01. The molecule has 0 aromatic carbocycles. The lowest BCUT2D eigenvalue weighted by Crippen LogP contribution is -2.07. The normalized spacial score (nSPS) is 10.2. The van der Waals surface area contributed by atoms with Crippen LogP contribution in [-0.2, 0) is 9.53 Å². The van der Waals surface area contributed by atoms with Gasteiger partial charge in [-0.3, -0.25) is 4.79 Å². The first-order valence-electron chi connectivity index (χ1n) is 5.06. The third-order valence-corrected chi connectivity index (χ3v) is 2.96. The Balaban J connectivity index is 2.70. The second kappa shape index (κ2) is 5.75. The van der Waals surface area contributed by atoms with Crippen LogP contribution in [0.15, 0.2) is 11.1 Å². The van der Waals surface area contributed by atoms with Crippen LogP contribution in [-0.4, -0.2) is 23.3 Å². The van der Waals surface area contributed by atoms with E-state index in [9.17, 15) is 4.79 Å². The summed E-state index contributed by atoms with van der Waals surface area (Å²) in [6, 6.07) is 1.92. The molecule has 88 valence electrons. The van der Waals surface area contributed by atoms with Crippen LogP contribution in [0.1, 0.15) is 18.2 Å². The second-order valence-electron chi connectivity index (χ2n) is 3.39. The SMILES string of the molecule is CCOC(=O)CSc1nc(C)cc(C)c1N. The Morgan fingerprint density at radius 1 is 1.56 bits per heavy atom. The van der Waals surface area contributed by atoms with E-state index in [1.807, 2.05) is 19.9 Å². The number of aryl methyl sites for hydroxylation is 2. The Labute approximate surface area is 99.6 Å². The van der Waals surface area contributed by atoms with Crippen LogP contribution in [0, 0.1) is 13.8 Å². The minimum atomic E-state index is -0.243. The van der Waals surface area contributed by atoms with Crippen LogP contribution in [0.4, 0.5) is 5.69 Å². The number of rotatable bonds is 4. The Morgan fingerprint density at radius 2 is 2.25 bits per heavy atom. The molecule has 1 aromatic heterocycles. The van der Waals surface area contributed by atoms with E-state index in [4.69, 9.17) is 10.5 Å². The van der Waals surface area contributed by atoms with Gasteiger partial charge < -0.3 is 10.5 Å². The molecule has 0 radical (unpaired) electrons. The largest absolute Gasteiger partial charge is 0.465 e. The maximum atomic E-state index is 11.2. The molecule has 1 rings (SSSR count). The Kier molecular flexibility index (Phi) is 4.61. The molecule has 16 heavy (non-hydrogen) atoms. The van der Waals surface area contributed by atoms with Gasteiger partial charge in [-0.15, -0.1) is 0 Å². The molecule has 1 heterocycles. The van der Waals surface area contributed by atoms with Gasteiger partial charge in [-0.1, -0.05) is 11.8 Å². The predicted octanol–water partition coefficient (Wildman–Crippen LogP) is 1.94. The fourth-order valence-electron chi connectivity index (χ4n) is 1.25. The minimum Gasteiger partial charge on any atom is -0.465 e. The van der Waals surface area contributed by atoms with Crippen molar-refractivity contribution < 1.29 is 9.53 Å². The molecule has 0 spiro atoms. The fourth-order valence-corrected chi connectivity index (χ4v) is 2.12. The fraction of sp³-hybridized carbons (Fsp3) is 0.455. The summed E-state index contributed by atoms with van der Waals surface area (Å²) in [4.78, 5) is 15.5. The minimum absolute atomic E-state index is 0.243. The van der Waals surface area contributed by atoms with E-state index in [-0.39, 0.29) is 11.7 Å². The molecular weight excluding hydrogens is 224 g/mol. The van der Waals surface area contributed by atoms with E-state index in [0.717, 1.165) is 11.3 Å². The van der Waals surface area contributed by atoms with Crippen molar-refractivity contribution in [1.82, 2.24) is 4.98 Å². The van der Waals surface area contributed by atoms with Crippen molar-refractivity contribution in [3.05, 3.63) is 17.3 Å². The number of esters is 1. The van der Waals surface area contributed by atoms with Crippen molar-refractivity contribution in [2.45, 2.75) is 25.8 Å². The lowest BCUT2D eigenvalue weighted by Gasteiger charge is -2.08. The molecule has 0 fully saturated rings. The van der Waals surface area contributed by atoms with Crippen molar-refractivity contribution in [1.29, 1.82) is 0 Å². The topological polar surface area (TPSA) is 65.2 Å². The average Bonchev–Trinajstić information content (AvgIpc) is 2.21. The van der Waals surface area contributed by atoms with Crippen LogP contribution in [0.3, 0.4) is 0 Å². The number of nitrogen functional groups attached to an aromatic ring is 1. The Bertz CT molecular complexity index is 394. The summed E-state index contributed by atoms with van der Waals surface area (Å²) in [5.74, 6) is 0.00126. The van der Waals surface area contributed by atoms with Crippen molar-refractivity contribution in [2.75, 3.05) is 18.1 Å². The molecule has 0 bridgehead atoms. The summed E-state index contributed by atoms with van der Waals surface area (Å²) in [7, 11) is 0. The highest BCUT2D eigenvalue weighted by Gasteiger charge is 2.09. The van der Waals surface area contributed by atoms with Crippen molar-refractivity contribution in [2.24, 2.45) is 0 Å². The first-order chi connectivity index (χ1) is 7.54. The van der Waals surface area contributed by atoms with E-state index in [2.05, 4.69) is 4.98 Å². The molecule has 0 aliphatic rings. The highest BCUT2D eigenvalue weighted by Crippen LogP contribution is 2.26. The van der Waals surface area contributed by atoms with Gasteiger partial charge in [0.15, 0.2) is 0 Å². The summed E-state index contributed by atoms with van der Waals surface area (Å²) >= 11 is 1.31. The van der Waals surface area contributed by atoms with Gasteiger partial charge in [0.25, 0.3) is 0 Å². The lowest BCUT2D eigenvalue weighted by atomic mass is 10.2. The van der Waals surface area contributed by atoms with Gasteiger partial charge in [0.1, 0.15) is 5.03 Å². The van der Waals surface area contributed by atoms with Gasteiger partial charge >= 0.3 is 5.97 Å². The third kappa shape index (κ3) is 3.41. The van der Waals surface area contributed by atoms with Crippen LogP contribution in [0.5, 0.6) is 0 Å². The number of hydrogen-bond donors (Lipinski definition) is 1. The molecule has 0 amide bonds. The zero-order valence-corrected chi connectivity index (χ0v) is 10.6. The molecular formula is C11H16N2O2S.